The Hall–Kier alpha value is -2.29. The Morgan fingerprint density at radius 1 is 0.864 bits per heavy atom. The molecule has 0 aromatic heterocycles. The molecule has 3 nitrogen and oxygen atoms in total. The molecule has 0 heterocycles. The zero-order chi connectivity index (χ0) is 15.8. The molecular weight excluding hydrogens is 272 g/mol. The number of para-hydroxylation sites is 2. The van der Waals surface area contributed by atoms with Crippen molar-refractivity contribution in [2.45, 2.75) is 33.1 Å². The first-order chi connectivity index (χ1) is 10.7. The van der Waals surface area contributed by atoms with Crippen molar-refractivity contribution in [1.29, 1.82) is 0 Å². The summed E-state index contributed by atoms with van der Waals surface area (Å²) in [5, 5.41) is 6.35. The van der Waals surface area contributed by atoms with E-state index >= 15 is 0 Å². The van der Waals surface area contributed by atoms with Gasteiger partial charge in [0.25, 0.3) is 0 Å². The van der Waals surface area contributed by atoms with Crippen LogP contribution in [0.1, 0.15) is 31.4 Å². The van der Waals surface area contributed by atoms with Gasteiger partial charge in [-0.25, -0.2) is 0 Å². The minimum atomic E-state index is 0.0439. The highest BCUT2D eigenvalue weighted by atomic mass is 16.1. The average Bonchev–Trinajstić information content (AvgIpc) is 2.55. The number of anilines is 2. The summed E-state index contributed by atoms with van der Waals surface area (Å²) in [4.78, 5) is 12.1. The summed E-state index contributed by atoms with van der Waals surface area (Å²) >= 11 is 0. The Balaban J connectivity index is 1.85. The van der Waals surface area contributed by atoms with Crippen molar-refractivity contribution in [3.63, 3.8) is 0 Å². The number of carbonyl (C=O) groups excluding carboxylic acids is 1. The molecule has 22 heavy (non-hydrogen) atoms. The maximum Gasteiger partial charge on any atom is 0.226 e. The van der Waals surface area contributed by atoms with Crippen LogP contribution in [-0.4, -0.2) is 12.5 Å². The minimum absolute atomic E-state index is 0.0439. The third-order valence-electron chi connectivity index (χ3n) is 3.74. The van der Waals surface area contributed by atoms with E-state index in [-0.39, 0.29) is 5.91 Å². The number of carbonyl (C=O) groups is 1. The van der Waals surface area contributed by atoms with Crippen LogP contribution >= 0.6 is 0 Å². The van der Waals surface area contributed by atoms with Crippen LogP contribution in [0.3, 0.4) is 0 Å². The zero-order valence-corrected chi connectivity index (χ0v) is 13.4. The van der Waals surface area contributed by atoms with Crippen LogP contribution in [-0.2, 0) is 17.6 Å². The predicted octanol–water partition coefficient (Wildman–Crippen LogP) is 4.25. The van der Waals surface area contributed by atoms with E-state index in [9.17, 15) is 4.79 Å². The molecular formula is C19H24N2O. The molecule has 1 amide bonds. The molecule has 0 saturated carbocycles. The minimum Gasteiger partial charge on any atom is -0.384 e. The molecule has 116 valence electrons. The molecule has 2 aromatic rings. The van der Waals surface area contributed by atoms with Crippen molar-refractivity contribution in [1.82, 2.24) is 0 Å². The largest absolute Gasteiger partial charge is 0.384 e. The van der Waals surface area contributed by atoms with Crippen LogP contribution in [0.15, 0.2) is 48.5 Å². The Morgan fingerprint density at radius 3 is 2.05 bits per heavy atom. The average molecular weight is 296 g/mol. The highest BCUT2D eigenvalue weighted by Gasteiger charge is 2.06. The van der Waals surface area contributed by atoms with E-state index in [4.69, 9.17) is 0 Å². The van der Waals surface area contributed by atoms with Gasteiger partial charge in [-0.05, 0) is 36.1 Å². The monoisotopic (exact) mass is 296 g/mol. The number of amides is 1. The van der Waals surface area contributed by atoms with Gasteiger partial charge in [0.05, 0.1) is 0 Å². The van der Waals surface area contributed by atoms with Gasteiger partial charge < -0.3 is 10.6 Å². The molecule has 0 unspecified atom stereocenters. The van der Waals surface area contributed by atoms with Gasteiger partial charge in [0.2, 0.25) is 5.91 Å². The molecule has 0 saturated heterocycles. The standard InChI is InChI=1S/C19H24N2O/c1-3-15-9-5-7-11-17(15)20-14-13-19(22)21-18-12-8-6-10-16(18)4-2/h5-12,20H,3-4,13-14H2,1-2H3,(H,21,22). The fraction of sp³-hybridized carbons (Fsp3) is 0.316. The van der Waals surface area contributed by atoms with Crippen LogP contribution in [0.4, 0.5) is 11.4 Å². The van der Waals surface area contributed by atoms with Crippen LogP contribution < -0.4 is 10.6 Å². The topological polar surface area (TPSA) is 41.1 Å². The lowest BCUT2D eigenvalue weighted by atomic mass is 10.1. The lowest BCUT2D eigenvalue weighted by molar-refractivity contribution is -0.115. The number of aryl methyl sites for hydroxylation is 2. The number of hydrogen-bond acceptors (Lipinski definition) is 2. The van der Waals surface area contributed by atoms with Crippen molar-refractivity contribution < 1.29 is 4.79 Å². The second-order valence-corrected chi connectivity index (χ2v) is 5.25. The maximum absolute atomic E-state index is 12.1. The molecule has 0 aliphatic rings. The molecule has 0 radical (unpaired) electrons. The fourth-order valence-corrected chi connectivity index (χ4v) is 2.48. The van der Waals surface area contributed by atoms with Crippen molar-refractivity contribution in [3.05, 3.63) is 59.7 Å². The molecule has 2 aromatic carbocycles. The summed E-state index contributed by atoms with van der Waals surface area (Å²) in [5.41, 5.74) is 4.48. The van der Waals surface area contributed by atoms with E-state index in [0.717, 1.165) is 24.2 Å². The number of rotatable bonds is 7. The molecule has 0 spiro atoms. The Bertz CT molecular complexity index is 622. The van der Waals surface area contributed by atoms with Gasteiger partial charge in [-0.15, -0.1) is 0 Å². The van der Waals surface area contributed by atoms with Crippen molar-refractivity contribution in [2.24, 2.45) is 0 Å². The van der Waals surface area contributed by atoms with Crippen LogP contribution in [0.2, 0.25) is 0 Å². The predicted molar refractivity (Wildman–Crippen MR) is 93.4 cm³/mol. The van der Waals surface area contributed by atoms with E-state index in [2.05, 4.69) is 36.6 Å². The van der Waals surface area contributed by atoms with Crippen LogP contribution in [0, 0.1) is 0 Å². The quantitative estimate of drug-likeness (QED) is 0.802. The lowest BCUT2D eigenvalue weighted by Crippen LogP contribution is -2.17. The van der Waals surface area contributed by atoms with E-state index in [1.54, 1.807) is 0 Å². The Labute approximate surface area is 132 Å². The van der Waals surface area contributed by atoms with Crippen molar-refractivity contribution >= 4 is 17.3 Å². The van der Waals surface area contributed by atoms with Gasteiger partial charge in [-0.3, -0.25) is 4.79 Å². The molecule has 0 fully saturated rings. The van der Waals surface area contributed by atoms with Gasteiger partial charge in [0, 0.05) is 24.3 Å². The number of nitrogens with one attached hydrogen (secondary N) is 2. The second kappa shape index (κ2) is 8.23. The van der Waals surface area contributed by atoms with Crippen LogP contribution in [0.25, 0.3) is 0 Å². The van der Waals surface area contributed by atoms with Gasteiger partial charge >= 0.3 is 0 Å². The van der Waals surface area contributed by atoms with E-state index < -0.39 is 0 Å². The first-order valence-corrected chi connectivity index (χ1v) is 7.94. The molecule has 0 bridgehead atoms. The molecule has 2 N–H and O–H groups in total. The fourth-order valence-electron chi connectivity index (χ4n) is 2.48. The smallest absolute Gasteiger partial charge is 0.226 e. The summed E-state index contributed by atoms with van der Waals surface area (Å²) < 4.78 is 0. The molecule has 0 atom stereocenters. The summed E-state index contributed by atoms with van der Waals surface area (Å²) in [6.07, 6.45) is 2.36. The van der Waals surface area contributed by atoms with Gasteiger partial charge in [0.1, 0.15) is 0 Å². The second-order valence-electron chi connectivity index (χ2n) is 5.25. The summed E-state index contributed by atoms with van der Waals surface area (Å²) in [6.45, 7) is 4.86. The zero-order valence-electron chi connectivity index (χ0n) is 13.4. The summed E-state index contributed by atoms with van der Waals surface area (Å²) in [5.74, 6) is 0.0439. The molecule has 3 heteroatoms. The molecule has 0 aliphatic carbocycles. The number of benzene rings is 2. The van der Waals surface area contributed by atoms with Crippen molar-refractivity contribution in [3.8, 4) is 0 Å². The molecule has 2 rings (SSSR count). The van der Waals surface area contributed by atoms with E-state index in [1.165, 1.54) is 11.1 Å². The first kappa shape index (κ1) is 16.1. The van der Waals surface area contributed by atoms with E-state index in [1.807, 2.05) is 36.4 Å². The highest BCUT2D eigenvalue weighted by Crippen LogP contribution is 2.17. The number of hydrogen-bond donors (Lipinski definition) is 2. The maximum atomic E-state index is 12.1. The van der Waals surface area contributed by atoms with Crippen molar-refractivity contribution in [2.75, 3.05) is 17.2 Å². The lowest BCUT2D eigenvalue weighted by Gasteiger charge is -2.12. The van der Waals surface area contributed by atoms with Gasteiger partial charge in [0.15, 0.2) is 0 Å². The Morgan fingerprint density at radius 2 is 1.41 bits per heavy atom. The highest BCUT2D eigenvalue weighted by molar-refractivity contribution is 5.91. The van der Waals surface area contributed by atoms with Crippen LogP contribution in [0.5, 0.6) is 0 Å². The van der Waals surface area contributed by atoms with E-state index in [0.29, 0.717) is 13.0 Å². The SMILES string of the molecule is CCc1ccccc1NCCC(=O)Nc1ccccc1CC. The third kappa shape index (κ3) is 4.35. The first-order valence-electron chi connectivity index (χ1n) is 7.94. The van der Waals surface area contributed by atoms with Gasteiger partial charge in [-0.1, -0.05) is 50.2 Å². The van der Waals surface area contributed by atoms with Gasteiger partial charge in [-0.2, -0.15) is 0 Å². The third-order valence-corrected chi connectivity index (χ3v) is 3.74. The Kier molecular flexibility index (Phi) is 6.01. The summed E-state index contributed by atoms with van der Waals surface area (Å²) in [7, 11) is 0. The molecule has 0 aliphatic heterocycles. The normalized spacial score (nSPS) is 10.3. The summed E-state index contributed by atoms with van der Waals surface area (Å²) in [6, 6.07) is 16.2.